The van der Waals surface area contributed by atoms with Gasteiger partial charge in [0.15, 0.2) is 5.96 Å². The van der Waals surface area contributed by atoms with Gasteiger partial charge in [-0.05, 0) is 43.9 Å². The molecule has 1 saturated heterocycles. The molecule has 1 aromatic carbocycles. The molecule has 0 aromatic heterocycles. The summed E-state index contributed by atoms with van der Waals surface area (Å²) in [6.07, 6.45) is 3.56. The lowest BCUT2D eigenvalue weighted by Crippen LogP contribution is -2.43. The van der Waals surface area contributed by atoms with Gasteiger partial charge in [-0.1, -0.05) is 19.1 Å². The van der Waals surface area contributed by atoms with Gasteiger partial charge in [0.05, 0.1) is 6.61 Å². The van der Waals surface area contributed by atoms with Gasteiger partial charge in [0.25, 0.3) is 0 Å². The third kappa shape index (κ3) is 10.00. The standard InChI is InChI=1S/C22H38N4O2.HI/c1-18-8-9-20(21(15-18)28-14-6-13-27-4)16-25-22(23-3)24-10-12-26-11-5-7-19(2)17-26;/h8-9,15,19H,5-7,10-14,16-17H2,1-4H3,(H2,23,24,25);1H. The van der Waals surface area contributed by atoms with Crippen molar-refractivity contribution in [3.8, 4) is 5.75 Å². The topological polar surface area (TPSA) is 58.1 Å². The largest absolute Gasteiger partial charge is 0.493 e. The number of piperidine rings is 1. The molecular weight excluding hydrogens is 479 g/mol. The van der Waals surface area contributed by atoms with E-state index in [9.17, 15) is 0 Å². The van der Waals surface area contributed by atoms with E-state index in [1.165, 1.54) is 31.5 Å². The molecule has 1 fully saturated rings. The number of aryl methyl sites for hydroxylation is 1. The number of aliphatic imine (C=N–C) groups is 1. The summed E-state index contributed by atoms with van der Waals surface area (Å²) < 4.78 is 11.1. The van der Waals surface area contributed by atoms with Gasteiger partial charge in [0.1, 0.15) is 5.75 Å². The zero-order chi connectivity index (χ0) is 20.2. The van der Waals surface area contributed by atoms with Gasteiger partial charge in [-0.3, -0.25) is 4.99 Å². The minimum absolute atomic E-state index is 0. The number of guanidine groups is 1. The first kappa shape index (κ1) is 26.0. The summed E-state index contributed by atoms with van der Waals surface area (Å²) in [6.45, 7) is 10.9. The Labute approximate surface area is 193 Å². The van der Waals surface area contributed by atoms with Crippen molar-refractivity contribution in [3.05, 3.63) is 29.3 Å². The van der Waals surface area contributed by atoms with Gasteiger partial charge in [0, 0.05) is 58.9 Å². The van der Waals surface area contributed by atoms with Gasteiger partial charge < -0.3 is 25.0 Å². The number of halogens is 1. The van der Waals surface area contributed by atoms with Gasteiger partial charge in [0.2, 0.25) is 0 Å². The fourth-order valence-corrected chi connectivity index (χ4v) is 3.55. The maximum atomic E-state index is 5.97. The summed E-state index contributed by atoms with van der Waals surface area (Å²) >= 11 is 0. The summed E-state index contributed by atoms with van der Waals surface area (Å²) in [5, 5.41) is 6.84. The van der Waals surface area contributed by atoms with E-state index in [-0.39, 0.29) is 24.0 Å². The number of methoxy groups -OCH3 is 1. The summed E-state index contributed by atoms with van der Waals surface area (Å²) in [4.78, 5) is 6.90. The number of nitrogens with one attached hydrogen (secondary N) is 2. The van der Waals surface area contributed by atoms with Crippen molar-refractivity contribution >= 4 is 29.9 Å². The SMILES string of the molecule is CN=C(NCCN1CCCC(C)C1)NCc1ccc(C)cc1OCCCOC.I. The first-order chi connectivity index (χ1) is 13.6. The smallest absolute Gasteiger partial charge is 0.191 e. The van der Waals surface area contributed by atoms with Gasteiger partial charge in [-0.25, -0.2) is 0 Å². The first-order valence-corrected chi connectivity index (χ1v) is 10.5. The van der Waals surface area contributed by atoms with E-state index in [0.29, 0.717) is 19.8 Å². The highest BCUT2D eigenvalue weighted by molar-refractivity contribution is 14.0. The molecule has 2 N–H and O–H groups in total. The van der Waals surface area contributed by atoms with Gasteiger partial charge in [-0.2, -0.15) is 0 Å². The van der Waals surface area contributed by atoms with E-state index in [0.717, 1.165) is 42.7 Å². The van der Waals surface area contributed by atoms with Crippen LogP contribution in [0.15, 0.2) is 23.2 Å². The fourth-order valence-electron chi connectivity index (χ4n) is 3.55. The van der Waals surface area contributed by atoms with E-state index in [4.69, 9.17) is 9.47 Å². The quantitative estimate of drug-likeness (QED) is 0.215. The van der Waals surface area contributed by atoms with Gasteiger partial charge >= 0.3 is 0 Å². The van der Waals surface area contributed by atoms with Crippen LogP contribution in [0.2, 0.25) is 0 Å². The number of benzene rings is 1. The van der Waals surface area contributed by atoms with Crippen LogP contribution in [0.25, 0.3) is 0 Å². The molecule has 0 amide bonds. The third-order valence-corrected chi connectivity index (χ3v) is 5.10. The summed E-state index contributed by atoms with van der Waals surface area (Å²) in [5.41, 5.74) is 2.33. The molecule has 1 atom stereocenters. The van der Waals surface area contributed by atoms with E-state index >= 15 is 0 Å². The summed E-state index contributed by atoms with van der Waals surface area (Å²) in [5.74, 6) is 2.58. The van der Waals surface area contributed by atoms with Crippen LogP contribution >= 0.6 is 24.0 Å². The monoisotopic (exact) mass is 518 g/mol. The Morgan fingerprint density at radius 1 is 1.28 bits per heavy atom. The Morgan fingerprint density at radius 3 is 2.83 bits per heavy atom. The highest BCUT2D eigenvalue weighted by Gasteiger charge is 2.15. The van der Waals surface area contributed by atoms with Gasteiger partial charge in [-0.15, -0.1) is 24.0 Å². The van der Waals surface area contributed by atoms with Crippen molar-refractivity contribution in [1.82, 2.24) is 15.5 Å². The molecule has 0 radical (unpaired) electrons. The second-order valence-electron chi connectivity index (χ2n) is 7.71. The molecule has 29 heavy (non-hydrogen) atoms. The second kappa shape index (κ2) is 14.8. The molecule has 1 unspecified atom stereocenters. The van der Waals surface area contributed by atoms with E-state index in [1.54, 1.807) is 7.11 Å². The minimum atomic E-state index is 0. The van der Waals surface area contributed by atoms with Crippen LogP contribution in [-0.2, 0) is 11.3 Å². The number of likely N-dealkylation sites (tertiary alicyclic amines) is 1. The molecule has 2 rings (SSSR count). The number of rotatable bonds is 10. The van der Waals surface area contributed by atoms with E-state index < -0.39 is 0 Å². The Morgan fingerprint density at radius 2 is 2.10 bits per heavy atom. The summed E-state index contributed by atoms with van der Waals surface area (Å²) in [6, 6.07) is 6.33. The van der Waals surface area contributed by atoms with Crippen LogP contribution in [-0.4, -0.2) is 64.4 Å². The molecule has 6 nitrogen and oxygen atoms in total. The van der Waals surface area contributed by atoms with Crippen LogP contribution in [0.1, 0.15) is 37.3 Å². The number of ether oxygens (including phenoxy) is 2. The average Bonchev–Trinajstić information content (AvgIpc) is 2.69. The van der Waals surface area contributed by atoms with Crippen molar-refractivity contribution in [3.63, 3.8) is 0 Å². The molecular formula is C22H39IN4O2. The molecule has 0 spiro atoms. The highest BCUT2D eigenvalue weighted by atomic mass is 127. The first-order valence-electron chi connectivity index (χ1n) is 10.5. The second-order valence-corrected chi connectivity index (χ2v) is 7.71. The van der Waals surface area contributed by atoms with Crippen molar-refractivity contribution in [2.75, 3.05) is 53.6 Å². The maximum absolute atomic E-state index is 5.97. The Kier molecular flexibility index (Phi) is 13.3. The van der Waals surface area contributed by atoms with E-state index in [1.807, 2.05) is 7.05 Å². The Hall–Kier alpha value is -1.06. The predicted molar refractivity (Wildman–Crippen MR) is 132 cm³/mol. The third-order valence-electron chi connectivity index (χ3n) is 5.10. The van der Waals surface area contributed by atoms with Crippen LogP contribution in [0.4, 0.5) is 0 Å². The fraction of sp³-hybridized carbons (Fsp3) is 0.682. The number of hydrogen-bond donors (Lipinski definition) is 2. The Balaban J connectivity index is 0.00000420. The lowest BCUT2D eigenvalue weighted by molar-refractivity contribution is 0.171. The van der Waals surface area contributed by atoms with Crippen molar-refractivity contribution in [1.29, 1.82) is 0 Å². The molecule has 0 bridgehead atoms. The number of hydrogen-bond acceptors (Lipinski definition) is 4. The molecule has 1 aliphatic heterocycles. The average molecular weight is 518 g/mol. The molecule has 166 valence electrons. The van der Waals surface area contributed by atoms with Crippen LogP contribution in [0.3, 0.4) is 0 Å². The highest BCUT2D eigenvalue weighted by Crippen LogP contribution is 2.20. The van der Waals surface area contributed by atoms with Crippen LogP contribution in [0, 0.1) is 12.8 Å². The normalized spacial score (nSPS) is 17.5. The zero-order valence-corrected chi connectivity index (χ0v) is 20.8. The van der Waals surface area contributed by atoms with Crippen molar-refractivity contribution in [2.45, 2.75) is 39.7 Å². The molecule has 1 heterocycles. The molecule has 1 aliphatic rings. The number of nitrogens with zero attached hydrogens (tertiary/aromatic N) is 2. The zero-order valence-electron chi connectivity index (χ0n) is 18.5. The van der Waals surface area contributed by atoms with Crippen LogP contribution < -0.4 is 15.4 Å². The lowest BCUT2D eigenvalue weighted by Gasteiger charge is -2.30. The van der Waals surface area contributed by atoms with E-state index in [2.05, 4.69) is 52.6 Å². The van der Waals surface area contributed by atoms with Crippen molar-refractivity contribution < 1.29 is 9.47 Å². The molecule has 0 saturated carbocycles. The molecule has 0 aliphatic carbocycles. The van der Waals surface area contributed by atoms with Crippen molar-refractivity contribution in [2.24, 2.45) is 10.9 Å². The predicted octanol–water partition coefficient (Wildman–Crippen LogP) is 3.43. The Bertz CT molecular complexity index is 612. The lowest BCUT2D eigenvalue weighted by atomic mass is 10.0. The van der Waals surface area contributed by atoms with Crippen LogP contribution in [0.5, 0.6) is 5.75 Å². The minimum Gasteiger partial charge on any atom is -0.493 e. The molecule has 1 aromatic rings. The maximum Gasteiger partial charge on any atom is 0.191 e. The summed E-state index contributed by atoms with van der Waals surface area (Å²) in [7, 11) is 3.53. The molecule has 7 heteroatoms.